The molecule has 12 heavy (non-hydrogen) atoms. The summed E-state index contributed by atoms with van der Waals surface area (Å²) in [6.45, 7) is 1.25. The van der Waals surface area contributed by atoms with Gasteiger partial charge >= 0.3 is 0 Å². The molecule has 3 nitrogen and oxygen atoms in total. The number of amides is 1. The van der Waals surface area contributed by atoms with Crippen LogP contribution >= 0.6 is 0 Å². The zero-order valence-electron chi connectivity index (χ0n) is 6.90. The van der Waals surface area contributed by atoms with Crippen molar-refractivity contribution in [2.24, 2.45) is 5.73 Å². The predicted molar refractivity (Wildman–Crippen MR) is 47.0 cm³/mol. The van der Waals surface area contributed by atoms with E-state index in [0.29, 0.717) is 5.56 Å². The molecule has 0 bridgehead atoms. The summed E-state index contributed by atoms with van der Waals surface area (Å²) in [7, 11) is 1.62. The molecule has 0 unspecified atom stereocenters. The molecule has 0 atom stereocenters. The lowest BCUT2D eigenvalue weighted by Gasteiger charge is -2.12. The lowest BCUT2D eigenvalue weighted by atomic mass is 10.2. The normalized spacial score (nSPS) is 9.50. The molecule has 3 heteroatoms. The van der Waals surface area contributed by atoms with E-state index in [9.17, 15) is 4.79 Å². The molecule has 0 saturated heterocycles. The SMILES string of the molecule is CN([CH]N)C(=O)c1ccccc1. The van der Waals surface area contributed by atoms with Crippen LogP contribution in [0.4, 0.5) is 0 Å². The van der Waals surface area contributed by atoms with Gasteiger partial charge in [-0.05, 0) is 12.1 Å². The van der Waals surface area contributed by atoms with Crippen LogP contribution in [0.2, 0.25) is 0 Å². The van der Waals surface area contributed by atoms with Gasteiger partial charge in [0.15, 0.2) is 0 Å². The highest BCUT2D eigenvalue weighted by atomic mass is 16.2. The Hall–Kier alpha value is -1.35. The molecule has 0 heterocycles. The second-order valence-corrected chi connectivity index (χ2v) is 2.43. The lowest BCUT2D eigenvalue weighted by Crippen LogP contribution is -2.27. The maximum atomic E-state index is 11.4. The van der Waals surface area contributed by atoms with Crippen LogP contribution in [0, 0.1) is 6.67 Å². The van der Waals surface area contributed by atoms with Crippen LogP contribution in [0.25, 0.3) is 0 Å². The molecule has 0 spiro atoms. The van der Waals surface area contributed by atoms with Crippen LogP contribution in [0.3, 0.4) is 0 Å². The quantitative estimate of drug-likeness (QED) is 0.702. The highest BCUT2D eigenvalue weighted by Gasteiger charge is 2.08. The third-order valence-electron chi connectivity index (χ3n) is 1.56. The third kappa shape index (κ3) is 1.83. The summed E-state index contributed by atoms with van der Waals surface area (Å²) in [6.07, 6.45) is 0. The first kappa shape index (κ1) is 8.74. The highest BCUT2D eigenvalue weighted by molar-refractivity contribution is 5.94. The minimum Gasteiger partial charge on any atom is -0.323 e. The van der Waals surface area contributed by atoms with E-state index in [1.54, 1.807) is 19.2 Å². The Labute approximate surface area is 71.8 Å². The molecule has 0 fully saturated rings. The van der Waals surface area contributed by atoms with Gasteiger partial charge in [-0.15, -0.1) is 0 Å². The Kier molecular flexibility index (Phi) is 2.82. The van der Waals surface area contributed by atoms with Crippen LogP contribution in [-0.4, -0.2) is 17.9 Å². The van der Waals surface area contributed by atoms with Crippen LogP contribution in [0.1, 0.15) is 10.4 Å². The fourth-order valence-corrected chi connectivity index (χ4v) is 0.852. The zero-order chi connectivity index (χ0) is 8.97. The number of carbonyl (C=O) groups excluding carboxylic acids is 1. The van der Waals surface area contributed by atoms with E-state index < -0.39 is 0 Å². The summed E-state index contributed by atoms with van der Waals surface area (Å²) in [5.74, 6) is -0.0990. The van der Waals surface area contributed by atoms with Gasteiger partial charge in [-0.25, -0.2) is 0 Å². The summed E-state index contributed by atoms with van der Waals surface area (Å²) < 4.78 is 0. The summed E-state index contributed by atoms with van der Waals surface area (Å²) in [4.78, 5) is 12.7. The van der Waals surface area contributed by atoms with E-state index in [0.717, 1.165) is 0 Å². The fraction of sp³-hybridized carbons (Fsp3) is 0.111. The number of hydrogen-bond acceptors (Lipinski definition) is 2. The van der Waals surface area contributed by atoms with Crippen molar-refractivity contribution in [3.63, 3.8) is 0 Å². The summed E-state index contributed by atoms with van der Waals surface area (Å²) in [6, 6.07) is 9.00. The standard InChI is InChI=1S/C9H11N2O/c1-11(7-10)9(12)8-5-3-2-4-6-8/h2-7H,10H2,1H3. The summed E-state index contributed by atoms with van der Waals surface area (Å²) in [5, 5.41) is 0. The number of carbonyl (C=O) groups is 1. The monoisotopic (exact) mass is 163 g/mol. The maximum absolute atomic E-state index is 11.4. The van der Waals surface area contributed by atoms with E-state index >= 15 is 0 Å². The third-order valence-corrected chi connectivity index (χ3v) is 1.56. The minimum absolute atomic E-state index is 0.0990. The Morgan fingerprint density at radius 3 is 2.50 bits per heavy atom. The molecule has 0 aliphatic carbocycles. The first-order valence-corrected chi connectivity index (χ1v) is 3.63. The van der Waals surface area contributed by atoms with Crippen LogP contribution in [0.15, 0.2) is 30.3 Å². The molecule has 1 amide bonds. The Balaban J connectivity index is 2.79. The van der Waals surface area contributed by atoms with Gasteiger partial charge < -0.3 is 10.6 Å². The largest absolute Gasteiger partial charge is 0.323 e. The first-order valence-electron chi connectivity index (χ1n) is 3.63. The molecule has 1 aromatic rings. The van der Waals surface area contributed by atoms with Gasteiger partial charge in [-0.3, -0.25) is 4.79 Å². The van der Waals surface area contributed by atoms with Crippen molar-refractivity contribution >= 4 is 5.91 Å². The number of rotatable bonds is 2. The fourth-order valence-electron chi connectivity index (χ4n) is 0.852. The molecule has 1 radical (unpaired) electrons. The number of benzene rings is 1. The molecule has 0 aliphatic heterocycles. The van der Waals surface area contributed by atoms with Crippen molar-refractivity contribution in [2.45, 2.75) is 0 Å². The molecule has 0 aliphatic rings. The van der Waals surface area contributed by atoms with Crippen LogP contribution in [-0.2, 0) is 0 Å². The van der Waals surface area contributed by atoms with E-state index in [-0.39, 0.29) is 5.91 Å². The Morgan fingerprint density at radius 1 is 1.42 bits per heavy atom. The minimum atomic E-state index is -0.0990. The molecule has 0 saturated carbocycles. The van der Waals surface area contributed by atoms with Gasteiger partial charge in [-0.1, -0.05) is 18.2 Å². The van der Waals surface area contributed by atoms with E-state index in [2.05, 4.69) is 0 Å². The van der Waals surface area contributed by atoms with Gasteiger partial charge in [0.1, 0.15) is 6.67 Å². The molecule has 2 N–H and O–H groups in total. The van der Waals surface area contributed by atoms with E-state index in [1.807, 2.05) is 18.2 Å². The first-order chi connectivity index (χ1) is 5.75. The average molecular weight is 163 g/mol. The summed E-state index contributed by atoms with van der Waals surface area (Å²) >= 11 is 0. The lowest BCUT2D eigenvalue weighted by molar-refractivity contribution is 0.0829. The van der Waals surface area contributed by atoms with Crippen molar-refractivity contribution in [3.8, 4) is 0 Å². The van der Waals surface area contributed by atoms with Crippen molar-refractivity contribution in [1.29, 1.82) is 0 Å². The number of nitrogens with zero attached hydrogens (tertiary/aromatic N) is 1. The van der Waals surface area contributed by atoms with E-state index in [1.165, 1.54) is 11.6 Å². The van der Waals surface area contributed by atoms with Gasteiger partial charge in [0, 0.05) is 12.6 Å². The number of nitrogens with two attached hydrogens (primary N) is 1. The molecular formula is C9H11N2O. The van der Waals surface area contributed by atoms with Gasteiger partial charge in [0.25, 0.3) is 5.91 Å². The molecule has 0 aromatic heterocycles. The van der Waals surface area contributed by atoms with Crippen molar-refractivity contribution < 1.29 is 4.79 Å². The second kappa shape index (κ2) is 3.88. The topological polar surface area (TPSA) is 46.3 Å². The molecule has 1 aromatic carbocycles. The van der Waals surface area contributed by atoms with E-state index in [4.69, 9.17) is 5.73 Å². The zero-order valence-corrected chi connectivity index (χ0v) is 6.90. The van der Waals surface area contributed by atoms with Gasteiger partial charge in [0.05, 0.1) is 0 Å². The number of hydrogen-bond donors (Lipinski definition) is 1. The second-order valence-electron chi connectivity index (χ2n) is 2.43. The maximum Gasteiger partial charge on any atom is 0.254 e. The van der Waals surface area contributed by atoms with Crippen LogP contribution < -0.4 is 5.73 Å². The van der Waals surface area contributed by atoms with Gasteiger partial charge in [-0.2, -0.15) is 0 Å². The molecule has 1 rings (SSSR count). The van der Waals surface area contributed by atoms with Crippen LogP contribution in [0.5, 0.6) is 0 Å². The molecule has 63 valence electrons. The highest BCUT2D eigenvalue weighted by Crippen LogP contribution is 2.02. The van der Waals surface area contributed by atoms with Crippen molar-refractivity contribution in [1.82, 2.24) is 4.90 Å². The molecular weight excluding hydrogens is 152 g/mol. The predicted octanol–water partition coefficient (Wildman–Crippen LogP) is 0.837. The smallest absolute Gasteiger partial charge is 0.254 e. The van der Waals surface area contributed by atoms with Gasteiger partial charge in [0.2, 0.25) is 0 Å². The van der Waals surface area contributed by atoms with Crippen molar-refractivity contribution in [3.05, 3.63) is 42.6 Å². The van der Waals surface area contributed by atoms with Crippen molar-refractivity contribution in [2.75, 3.05) is 7.05 Å². The average Bonchev–Trinajstić information content (AvgIpc) is 2.17. The Bertz CT molecular complexity index is 258. The summed E-state index contributed by atoms with van der Waals surface area (Å²) in [5.41, 5.74) is 5.83. The Morgan fingerprint density at radius 2 is 2.00 bits per heavy atom.